The van der Waals surface area contributed by atoms with E-state index in [0.717, 1.165) is 55.4 Å². The van der Waals surface area contributed by atoms with Crippen molar-refractivity contribution in [2.24, 2.45) is 0 Å². The van der Waals surface area contributed by atoms with Gasteiger partial charge in [-0.05, 0) is 34.7 Å². The SMILES string of the molecule is FC(F)(F)Oc1ccc(-c2csc(C(=S)NCCN3CCOCC3)c2)cc1. The molecule has 1 aromatic heterocycles. The van der Waals surface area contributed by atoms with Gasteiger partial charge in [0.2, 0.25) is 0 Å². The van der Waals surface area contributed by atoms with Crippen molar-refractivity contribution in [1.82, 2.24) is 10.2 Å². The van der Waals surface area contributed by atoms with Gasteiger partial charge >= 0.3 is 6.36 Å². The first kappa shape index (κ1) is 20.1. The Kier molecular flexibility index (Phi) is 6.69. The van der Waals surface area contributed by atoms with Gasteiger partial charge in [0.25, 0.3) is 0 Å². The zero-order valence-electron chi connectivity index (χ0n) is 14.4. The van der Waals surface area contributed by atoms with Crippen molar-refractivity contribution in [2.45, 2.75) is 6.36 Å². The number of rotatable bonds is 6. The number of morpholine rings is 1. The number of benzene rings is 1. The summed E-state index contributed by atoms with van der Waals surface area (Å²) < 4.78 is 45.9. The first-order valence-corrected chi connectivity index (χ1v) is 9.72. The molecule has 0 saturated carbocycles. The zero-order valence-corrected chi connectivity index (χ0v) is 16.1. The number of thiophene rings is 1. The number of nitrogens with zero attached hydrogens (tertiary/aromatic N) is 1. The normalized spacial score (nSPS) is 15.5. The van der Waals surface area contributed by atoms with Crippen molar-refractivity contribution in [3.05, 3.63) is 40.6 Å². The van der Waals surface area contributed by atoms with Crippen LogP contribution < -0.4 is 10.1 Å². The van der Waals surface area contributed by atoms with Crippen LogP contribution in [0.5, 0.6) is 5.75 Å². The molecule has 4 nitrogen and oxygen atoms in total. The van der Waals surface area contributed by atoms with Crippen molar-refractivity contribution in [3.8, 4) is 16.9 Å². The fraction of sp³-hybridized carbons (Fsp3) is 0.389. The summed E-state index contributed by atoms with van der Waals surface area (Å²) in [6.07, 6.45) is -4.68. The molecule has 146 valence electrons. The van der Waals surface area contributed by atoms with Crippen LogP contribution in [-0.4, -0.2) is 55.6 Å². The summed E-state index contributed by atoms with van der Waals surface area (Å²) >= 11 is 6.95. The molecule has 3 rings (SSSR count). The summed E-state index contributed by atoms with van der Waals surface area (Å²) in [5.74, 6) is -0.234. The summed E-state index contributed by atoms with van der Waals surface area (Å²) in [6.45, 7) is 5.08. The fourth-order valence-corrected chi connectivity index (χ4v) is 3.83. The Labute approximate surface area is 164 Å². The van der Waals surface area contributed by atoms with Crippen LogP contribution in [0, 0.1) is 0 Å². The van der Waals surface area contributed by atoms with Crippen molar-refractivity contribution >= 4 is 28.5 Å². The number of nitrogens with one attached hydrogen (secondary N) is 1. The lowest BCUT2D eigenvalue weighted by atomic mass is 10.1. The summed E-state index contributed by atoms with van der Waals surface area (Å²) in [4.78, 5) is 3.93. The Morgan fingerprint density at radius 3 is 2.56 bits per heavy atom. The van der Waals surface area contributed by atoms with E-state index in [0.29, 0.717) is 4.99 Å². The minimum Gasteiger partial charge on any atom is -0.406 e. The van der Waals surface area contributed by atoms with E-state index in [9.17, 15) is 13.2 Å². The van der Waals surface area contributed by atoms with Crippen LogP contribution >= 0.6 is 23.6 Å². The van der Waals surface area contributed by atoms with Crippen LogP contribution in [0.2, 0.25) is 0 Å². The first-order chi connectivity index (χ1) is 12.9. The molecule has 0 bridgehead atoms. The molecule has 1 aliphatic rings. The minimum absolute atomic E-state index is 0.234. The molecule has 0 atom stereocenters. The highest BCUT2D eigenvalue weighted by Gasteiger charge is 2.30. The first-order valence-electron chi connectivity index (χ1n) is 8.44. The van der Waals surface area contributed by atoms with Gasteiger partial charge < -0.3 is 14.8 Å². The number of halogens is 3. The van der Waals surface area contributed by atoms with Crippen LogP contribution in [0.25, 0.3) is 11.1 Å². The average molecular weight is 416 g/mol. The Morgan fingerprint density at radius 2 is 1.89 bits per heavy atom. The van der Waals surface area contributed by atoms with Gasteiger partial charge in [-0.25, -0.2) is 0 Å². The number of hydrogen-bond acceptors (Lipinski definition) is 5. The molecule has 1 saturated heterocycles. The molecule has 1 N–H and O–H groups in total. The fourth-order valence-electron chi connectivity index (χ4n) is 2.70. The molecule has 1 aliphatic heterocycles. The van der Waals surface area contributed by atoms with Gasteiger partial charge in [0.15, 0.2) is 0 Å². The van der Waals surface area contributed by atoms with E-state index in [2.05, 4.69) is 15.0 Å². The van der Waals surface area contributed by atoms with Gasteiger partial charge in [0.1, 0.15) is 10.7 Å². The minimum atomic E-state index is -4.68. The molecule has 1 aromatic carbocycles. The van der Waals surface area contributed by atoms with Crippen LogP contribution in [0.3, 0.4) is 0 Å². The highest BCUT2D eigenvalue weighted by atomic mass is 32.1. The summed E-state index contributed by atoms with van der Waals surface area (Å²) in [5.41, 5.74) is 1.72. The second-order valence-corrected chi connectivity index (χ2v) is 7.30. The second kappa shape index (κ2) is 9.01. The van der Waals surface area contributed by atoms with Gasteiger partial charge in [0, 0.05) is 26.2 Å². The van der Waals surface area contributed by atoms with E-state index in [-0.39, 0.29) is 5.75 Å². The third kappa shape index (κ3) is 6.17. The van der Waals surface area contributed by atoms with Gasteiger partial charge in [-0.1, -0.05) is 24.4 Å². The van der Waals surface area contributed by atoms with Gasteiger partial charge in [0.05, 0.1) is 18.1 Å². The highest BCUT2D eigenvalue weighted by molar-refractivity contribution is 7.81. The Balaban J connectivity index is 1.53. The maximum absolute atomic E-state index is 12.2. The number of thiocarbonyl (C=S) groups is 1. The van der Waals surface area contributed by atoms with Gasteiger partial charge in [-0.2, -0.15) is 0 Å². The smallest absolute Gasteiger partial charge is 0.406 e. The average Bonchev–Trinajstić information content (AvgIpc) is 3.12. The lowest BCUT2D eigenvalue weighted by Crippen LogP contribution is -2.41. The summed E-state index contributed by atoms with van der Waals surface area (Å²) in [7, 11) is 0. The quantitative estimate of drug-likeness (QED) is 0.723. The van der Waals surface area contributed by atoms with E-state index in [1.54, 1.807) is 12.1 Å². The molecule has 0 spiro atoms. The van der Waals surface area contributed by atoms with E-state index in [1.165, 1.54) is 23.5 Å². The van der Waals surface area contributed by atoms with Crippen molar-refractivity contribution in [3.63, 3.8) is 0 Å². The summed E-state index contributed by atoms with van der Waals surface area (Å²) in [5, 5.41) is 5.20. The lowest BCUT2D eigenvalue weighted by Gasteiger charge is -2.26. The Morgan fingerprint density at radius 1 is 1.19 bits per heavy atom. The predicted octanol–water partition coefficient (Wildman–Crippen LogP) is 3.91. The molecule has 0 aliphatic carbocycles. The molecule has 27 heavy (non-hydrogen) atoms. The molecule has 9 heteroatoms. The largest absolute Gasteiger partial charge is 0.573 e. The molecule has 0 radical (unpaired) electrons. The van der Waals surface area contributed by atoms with E-state index >= 15 is 0 Å². The van der Waals surface area contributed by atoms with Crippen molar-refractivity contribution in [1.29, 1.82) is 0 Å². The zero-order chi connectivity index (χ0) is 19.3. The molecule has 0 unspecified atom stereocenters. The number of alkyl halides is 3. The van der Waals surface area contributed by atoms with E-state index < -0.39 is 6.36 Å². The number of ether oxygens (including phenoxy) is 2. The van der Waals surface area contributed by atoms with E-state index in [1.807, 2.05) is 11.4 Å². The predicted molar refractivity (Wildman–Crippen MR) is 103 cm³/mol. The molecule has 0 amide bonds. The Hall–Kier alpha value is -1.68. The van der Waals surface area contributed by atoms with Crippen LogP contribution in [0.4, 0.5) is 13.2 Å². The topological polar surface area (TPSA) is 33.7 Å². The van der Waals surface area contributed by atoms with Crippen LogP contribution in [-0.2, 0) is 4.74 Å². The molecule has 2 aromatic rings. The highest BCUT2D eigenvalue weighted by Crippen LogP contribution is 2.29. The number of hydrogen-bond donors (Lipinski definition) is 1. The molecular formula is C18H19F3N2O2S2. The maximum Gasteiger partial charge on any atom is 0.573 e. The maximum atomic E-state index is 12.2. The van der Waals surface area contributed by atoms with Gasteiger partial charge in [-0.3, -0.25) is 4.90 Å². The standard InChI is InChI=1S/C18H19F3N2O2S2/c19-18(20,21)25-15-3-1-13(2-4-15)14-11-16(27-12-14)17(26)22-5-6-23-7-9-24-10-8-23/h1-4,11-12H,5-10H2,(H,22,26). The summed E-state index contributed by atoms with van der Waals surface area (Å²) in [6, 6.07) is 7.75. The second-order valence-electron chi connectivity index (χ2n) is 5.98. The van der Waals surface area contributed by atoms with Crippen molar-refractivity contribution < 1.29 is 22.6 Å². The van der Waals surface area contributed by atoms with Crippen molar-refractivity contribution in [2.75, 3.05) is 39.4 Å². The monoisotopic (exact) mass is 416 g/mol. The molecule has 1 fully saturated rings. The molecule has 2 heterocycles. The third-order valence-corrected chi connectivity index (χ3v) is 5.50. The van der Waals surface area contributed by atoms with Crippen LogP contribution in [0.1, 0.15) is 4.88 Å². The lowest BCUT2D eigenvalue weighted by molar-refractivity contribution is -0.274. The third-order valence-electron chi connectivity index (χ3n) is 4.06. The Bertz CT molecular complexity index is 757. The van der Waals surface area contributed by atoms with Gasteiger partial charge in [-0.15, -0.1) is 24.5 Å². The van der Waals surface area contributed by atoms with E-state index in [4.69, 9.17) is 17.0 Å². The molecular weight excluding hydrogens is 397 g/mol. The van der Waals surface area contributed by atoms with Crippen LogP contribution in [0.15, 0.2) is 35.7 Å².